The Morgan fingerprint density at radius 2 is 1.93 bits per heavy atom. The molecule has 1 amide bonds. The number of nitro benzene ring substituents is 1. The standard InChI is InChI=1S/C18H15FN4O5/c1-27-14-6-7-15(17(10-14)23(25)26)20-18(24)16-8-9-22(21-16)11-28-13-4-2-12(19)3-5-13/h2-10H,11H2,1H3,(H,20,24). The smallest absolute Gasteiger partial charge is 0.296 e. The van der Waals surface area contributed by atoms with Gasteiger partial charge in [-0.3, -0.25) is 14.9 Å². The van der Waals surface area contributed by atoms with E-state index in [0.29, 0.717) is 11.5 Å². The number of nitrogens with one attached hydrogen (secondary N) is 1. The summed E-state index contributed by atoms with van der Waals surface area (Å²) in [7, 11) is 1.39. The fourth-order valence-corrected chi connectivity index (χ4v) is 2.31. The van der Waals surface area contributed by atoms with Gasteiger partial charge in [0.25, 0.3) is 11.6 Å². The van der Waals surface area contributed by atoms with E-state index in [4.69, 9.17) is 9.47 Å². The van der Waals surface area contributed by atoms with Crippen molar-refractivity contribution < 1.29 is 23.6 Å². The minimum Gasteiger partial charge on any atom is -0.496 e. The molecule has 1 N–H and O–H groups in total. The van der Waals surface area contributed by atoms with Crippen molar-refractivity contribution in [1.29, 1.82) is 0 Å². The van der Waals surface area contributed by atoms with Crippen molar-refractivity contribution in [1.82, 2.24) is 9.78 Å². The van der Waals surface area contributed by atoms with Crippen LogP contribution in [0.5, 0.6) is 11.5 Å². The van der Waals surface area contributed by atoms with Crippen LogP contribution in [0.1, 0.15) is 10.5 Å². The second kappa shape index (κ2) is 8.16. The van der Waals surface area contributed by atoms with Gasteiger partial charge in [-0.1, -0.05) is 0 Å². The third kappa shape index (κ3) is 4.41. The number of rotatable bonds is 7. The monoisotopic (exact) mass is 386 g/mol. The van der Waals surface area contributed by atoms with Gasteiger partial charge in [0.2, 0.25) is 0 Å². The Hall–Kier alpha value is -3.95. The summed E-state index contributed by atoms with van der Waals surface area (Å²) < 4.78 is 24.6. The molecule has 0 fully saturated rings. The maximum Gasteiger partial charge on any atom is 0.296 e. The maximum atomic E-state index is 12.9. The van der Waals surface area contributed by atoms with E-state index in [1.54, 1.807) is 0 Å². The lowest BCUT2D eigenvalue weighted by atomic mass is 10.2. The normalized spacial score (nSPS) is 10.4. The van der Waals surface area contributed by atoms with Crippen LogP contribution in [0.3, 0.4) is 0 Å². The Kier molecular flexibility index (Phi) is 5.49. The fraction of sp³-hybridized carbons (Fsp3) is 0.111. The van der Waals surface area contributed by atoms with Gasteiger partial charge in [-0.25, -0.2) is 9.07 Å². The second-order valence-electron chi connectivity index (χ2n) is 5.56. The van der Waals surface area contributed by atoms with E-state index in [1.807, 2.05) is 0 Å². The number of carbonyl (C=O) groups is 1. The SMILES string of the molecule is COc1ccc(NC(=O)c2ccn(COc3ccc(F)cc3)n2)c([N+](=O)[O-])c1. The Balaban J connectivity index is 1.67. The maximum absolute atomic E-state index is 12.9. The highest BCUT2D eigenvalue weighted by Gasteiger charge is 2.19. The van der Waals surface area contributed by atoms with E-state index in [9.17, 15) is 19.3 Å². The predicted molar refractivity (Wildman–Crippen MR) is 96.9 cm³/mol. The molecule has 0 radical (unpaired) electrons. The summed E-state index contributed by atoms with van der Waals surface area (Å²) in [4.78, 5) is 22.9. The predicted octanol–water partition coefficient (Wildman–Crippen LogP) is 3.23. The van der Waals surface area contributed by atoms with Crippen molar-refractivity contribution in [3.8, 4) is 11.5 Å². The van der Waals surface area contributed by atoms with Crippen molar-refractivity contribution >= 4 is 17.3 Å². The molecule has 0 saturated heterocycles. The first kappa shape index (κ1) is 18.8. The molecule has 144 valence electrons. The van der Waals surface area contributed by atoms with Crippen molar-refractivity contribution in [2.75, 3.05) is 12.4 Å². The average molecular weight is 386 g/mol. The number of hydrogen-bond donors (Lipinski definition) is 1. The van der Waals surface area contributed by atoms with E-state index in [1.165, 1.54) is 66.5 Å². The number of ether oxygens (including phenoxy) is 2. The number of nitro groups is 1. The molecule has 2 aromatic carbocycles. The third-order valence-corrected chi connectivity index (χ3v) is 3.70. The first-order chi connectivity index (χ1) is 13.5. The molecule has 0 atom stereocenters. The van der Waals surface area contributed by atoms with E-state index in [0.717, 1.165) is 0 Å². The average Bonchev–Trinajstić information content (AvgIpc) is 3.17. The van der Waals surface area contributed by atoms with Gasteiger partial charge >= 0.3 is 0 Å². The second-order valence-corrected chi connectivity index (χ2v) is 5.56. The molecule has 0 bridgehead atoms. The zero-order valence-electron chi connectivity index (χ0n) is 14.7. The van der Waals surface area contributed by atoms with Gasteiger partial charge in [0.05, 0.1) is 18.1 Å². The van der Waals surface area contributed by atoms with Gasteiger partial charge in [-0.15, -0.1) is 0 Å². The zero-order chi connectivity index (χ0) is 20.1. The van der Waals surface area contributed by atoms with Crippen molar-refractivity contribution in [3.63, 3.8) is 0 Å². The molecule has 28 heavy (non-hydrogen) atoms. The molecule has 1 heterocycles. The van der Waals surface area contributed by atoms with Gasteiger partial charge < -0.3 is 14.8 Å². The highest BCUT2D eigenvalue weighted by Crippen LogP contribution is 2.29. The summed E-state index contributed by atoms with van der Waals surface area (Å²) >= 11 is 0. The Morgan fingerprint density at radius 3 is 2.61 bits per heavy atom. The van der Waals surface area contributed by atoms with Crippen LogP contribution < -0.4 is 14.8 Å². The number of nitrogens with zero attached hydrogens (tertiary/aromatic N) is 3. The van der Waals surface area contributed by atoms with Crippen LogP contribution in [0, 0.1) is 15.9 Å². The van der Waals surface area contributed by atoms with Crippen LogP contribution in [-0.2, 0) is 6.73 Å². The van der Waals surface area contributed by atoms with Gasteiger partial charge in [0, 0.05) is 6.20 Å². The molecule has 0 aliphatic carbocycles. The molecule has 1 aromatic heterocycles. The summed E-state index contributed by atoms with van der Waals surface area (Å²) in [6.07, 6.45) is 1.51. The van der Waals surface area contributed by atoms with Crippen LogP contribution in [0.4, 0.5) is 15.8 Å². The zero-order valence-corrected chi connectivity index (χ0v) is 14.7. The van der Waals surface area contributed by atoms with Gasteiger partial charge in [0.1, 0.15) is 23.0 Å². The number of halogens is 1. The number of anilines is 1. The van der Waals surface area contributed by atoms with Crippen molar-refractivity contribution in [2.45, 2.75) is 6.73 Å². The van der Waals surface area contributed by atoms with Crippen LogP contribution in [0.2, 0.25) is 0 Å². The molecule has 3 rings (SSSR count). The summed E-state index contributed by atoms with van der Waals surface area (Å²) in [5.41, 5.74) is -0.229. The van der Waals surface area contributed by atoms with E-state index in [-0.39, 0.29) is 29.6 Å². The molecular formula is C18H15FN4O5. The molecule has 3 aromatic rings. The largest absolute Gasteiger partial charge is 0.496 e. The molecule has 0 aliphatic rings. The topological polar surface area (TPSA) is 109 Å². The van der Waals surface area contributed by atoms with E-state index >= 15 is 0 Å². The van der Waals surface area contributed by atoms with Gasteiger partial charge in [0.15, 0.2) is 12.4 Å². The van der Waals surface area contributed by atoms with Crippen LogP contribution >= 0.6 is 0 Å². The van der Waals surface area contributed by atoms with Crippen molar-refractivity contribution in [3.05, 3.63) is 76.4 Å². The number of hydrogen-bond acceptors (Lipinski definition) is 6. The highest BCUT2D eigenvalue weighted by molar-refractivity contribution is 6.04. The Bertz CT molecular complexity index is 1000. The molecule has 0 spiro atoms. The summed E-state index contributed by atoms with van der Waals surface area (Å²) in [6.45, 7) is 0.00158. The number of carbonyl (C=O) groups excluding carboxylic acids is 1. The molecule has 9 nitrogen and oxygen atoms in total. The van der Waals surface area contributed by atoms with Crippen LogP contribution in [0.15, 0.2) is 54.7 Å². The van der Waals surface area contributed by atoms with Crippen LogP contribution in [0.25, 0.3) is 0 Å². The number of benzene rings is 2. The lowest BCUT2D eigenvalue weighted by molar-refractivity contribution is -0.384. The third-order valence-electron chi connectivity index (χ3n) is 3.70. The van der Waals surface area contributed by atoms with Gasteiger partial charge in [-0.05, 0) is 42.5 Å². The fourth-order valence-electron chi connectivity index (χ4n) is 2.31. The Morgan fingerprint density at radius 1 is 1.21 bits per heavy atom. The first-order valence-corrected chi connectivity index (χ1v) is 8.02. The summed E-state index contributed by atoms with van der Waals surface area (Å²) in [5, 5.41) is 17.7. The van der Waals surface area contributed by atoms with Gasteiger partial charge in [-0.2, -0.15) is 5.10 Å². The number of amides is 1. The minimum atomic E-state index is -0.618. The quantitative estimate of drug-likeness (QED) is 0.493. The number of methoxy groups -OCH3 is 1. The Labute approximate surface area is 158 Å². The summed E-state index contributed by atoms with van der Waals surface area (Å²) in [6, 6.07) is 11.0. The van der Waals surface area contributed by atoms with E-state index in [2.05, 4.69) is 10.4 Å². The first-order valence-electron chi connectivity index (χ1n) is 8.02. The molecular weight excluding hydrogens is 371 g/mol. The van der Waals surface area contributed by atoms with Crippen molar-refractivity contribution in [2.24, 2.45) is 0 Å². The van der Waals surface area contributed by atoms with Crippen LogP contribution in [-0.4, -0.2) is 27.7 Å². The number of aromatic nitrogens is 2. The lowest BCUT2D eigenvalue weighted by Crippen LogP contribution is -2.15. The highest BCUT2D eigenvalue weighted by atomic mass is 19.1. The molecule has 0 aliphatic heterocycles. The molecule has 0 unspecified atom stereocenters. The minimum absolute atomic E-state index is 0.00158. The van der Waals surface area contributed by atoms with E-state index < -0.39 is 10.8 Å². The molecule has 10 heteroatoms. The summed E-state index contributed by atoms with van der Waals surface area (Å²) in [5.74, 6) is -0.254. The lowest BCUT2D eigenvalue weighted by Gasteiger charge is -2.07. The molecule has 0 saturated carbocycles.